The lowest BCUT2D eigenvalue weighted by molar-refractivity contribution is 0.177. The Hall–Kier alpha value is -0.820. The zero-order valence-corrected chi connectivity index (χ0v) is 11.9. The summed E-state index contributed by atoms with van der Waals surface area (Å²) in [6.45, 7) is 4.13. The summed E-state index contributed by atoms with van der Waals surface area (Å²) >= 11 is 0. The van der Waals surface area contributed by atoms with Crippen LogP contribution in [0.25, 0.3) is 0 Å². The highest BCUT2D eigenvalue weighted by molar-refractivity contribution is 7.91. The molecule has 0 aromatic rings. The van der Waals surface area contributed by atoms with Crippen LogP contribution in [0.1, 0.15) is 13.8 Å². The highest BCUT2D eigenvalue weighted by Crippen LogP contribution is 2.09. The van der Waals surface area contributed by atoms with E-state index in [1.165, 1.54) is 11.2 Å². The van der Waals surface area contributed by atoms with Gasteiger partial charge in [-0.25, -0.2) is 13.2 Å². The van der Waals surface area contributed by atoms with E-state index in [2.05, 4.69) is 5.32 Å². The predicted molar refractivity (Wildman–Crippen MR) is 66.8 cm³/mol. The Morgan fingerprint density at radius 1 is 1.41 bits per heavy atom. The van der Waals surface area contributed by atoms with Crippen LogP contribution in [0.5, 0.6) is 0 Å². The van der Waals surface area contributed by atoms with Crippen molar-refractivity contribution in [3.63, 3.8) is 0 Å². The maximum absolute atomic E-state index is 11.7. The van der Waals surface area contributed by atoms with Crippen molar-refractivity contribution in [2.75, 3.05) is 33.6 Å². The number of hydrogen-bond donors (Lipinski definition) is 1. The fraction of sp³-hybridized carbons (Fsp3) is 0.900. The van der Waals surface area contributed by atoms with Crippen molar-refractivity contribution in [2.24, 2.45) is 0 Å². The van der Waals surface area contributed by atoms with Crippen LogP contribution in [0.4, 0.5) is 4.79 Å². The Bertz CT molecular complexity index is 342. The molecule has 0 radical (unpaired) electrons. The molecule has 0 unspecified atom stereocenters. The predicted octanol–water partition coefficient (Wildman–Crippen LogP) is 0.0958. The lowest BCUT2D eigenvalue weighted by Gasteiger charge is -2.29. The van der Waals surface area contributed by atoms with E-state index in [1.54, 1.807) is 28.0 Å². The number of sulfone groups is 1. The lowest BCUT2D eigenvalue weighted by atomic mass is 10.2. The number of carbonyl (C=O) groups excluding carboxylic acids is 1. The zero-order chi connectivity index (χ0) is 13.6. The van der Waals surface area contributed by atoms with E-state index in [0.29, 0.717) is 13.2 Å². The Balaban J connectivity index is 4.39. The second-order valence-electron chi connectivity index (χ2n) is 4.11. The molecule has 0 heterocycles. The van der Waals surface area contributed by atoms with E-state index in [0.717, 1.165) is 0 Å². The van der Waals surface area contributed by atoms with Gasteiger partial charge in [-0.2, -0.15) is 0 Å². The molecule has 0 aromatic heterocycles. The van der Waals surface area contributed by atoms with Crippen molar-refractivity contribution < 1.29 is 17.9 Å². The van der Waals surface area contributed by atoms with Crippen molar-refractivity contribution in [1.29, 1.82) is 0 Å². The standard InChI is InChI=1S/C10H22N2O4S/c1-8(9(2)17(5,14)15)12(3)10(13)11-6-7-16-4/h8-9H,6-7H2,1-5H3,(H,11,13)/t8-,9-/m0/s1. The van der Waals surface area contributed by atoms with E-state index in [1.807, 2.05) is 0 Å². The van der Waals surface area contributed by atoms with Gasteiger partial charge >= 0.3 is 6.03 Å². The fourth-order valence-electron chi connectivity index (χ4n) is 1.24. The summed E-state index contributed by atoms with van der Waals surface area (Å²) < 4.78 is 27.6. The molecule has 2 amide bonds. The second kappa shape index (κ2) is 6.80. The highest BCUT2D eigenvalue weighted by atomic mass is 32.2. The van der Waals surface area contributed by atoms with E-state index in [4.69, 9.17) is 4.74 Å². The summed E-state index contributed by atoms with van der Waals surface area (Å²) in [6.07, 6.45) is 1.17. The van der Waals surface area contributed by atoms with Crippen LogP contribution >= 0.6 is 0 Å². The topological polar surface area (TPSA) is 75.7 Å². The molecule has 0 saturated carbocycles. The van der Waals surface area contributed by atoms with Crippen LogP contribution in [0.3, 0.4) is 0 Å². The van der Waals surface area contributed by atoms with Gasteiger partial charge in [-0.05, 0) is 13.8 Å². The third-order valence-corrected chi connectivity index (χ3v) is 4.61. The summed E-state index contributed by atoms with van der Waals surface area (Å²) in [5, 5.41) is 2.04. The van der Waals surface area contributed by atoms with Gasteiger partial charge in [0, 0.05) is 33.0 Å². The van der Waals surface area contributed by atoms with Gasteiger partial charge in [0.15, 0.2) is 9.84 Å². The molecule has 0 aliphatic rings. The monoisotopic (exact) mass is 266 g/mol. The van der Waals surface area contributed by atoms with Gasteiger partial charge in [-0.1, -0.05) is 0 Å². The number of ether oxygens (including phenoxy) is 1. The van der Waals surface area contributed by atoms with Crippen LogP contribution < -0.4 is 5.32 Å². The molecule has 0 spiro atoms. The molecular formula is C10H22N2O4S. The van der Waals surface area contributed by atoms with Crippen molar-refractivity contribution in [2.45, 2.75) is 25.1 Å². The van der Waals surface area contributed by atoms with Gasteiger partial charge in [0.1, 0.15) is 0 Å². The third kappa shape index (κ3) is 5.36. The van der Waals surface area contributed by atoms with Crippen LogP contribution in [-0.4, -0.2) is 64.2 Å². The first-order chi connectivity index (χ1) is 7.71. The van der Waals surface area contributed by atoms with Crippen LogP contribution in [0, 0.1) is 0 Å². The SMILES string of the molecule is COCCNC(=O)N(C)[C@@H](C)[C@H](C)S(C)(=O)=O. The number of carbonyl (C=O) groups is 1. The van der Waals surface area contributed by atoms with Gasteiger partial charge in [0.05, 0.1) is 11.9 Å². The Labute approximate surface area is 103 Å². The van der Waals surface area contributed by atoms with Crippen LogP contribution in [-0.2, 0) is 14.6 Å². The summed E-state index contributed by atoms with van der Waals surface area (Å²) in [5.41, 5.74) is 0. The third-order valence-electron chi connectivity index (χ3n) is 2.87. The van der Waals surface area contributed by atoms with Crippen molar-refractivity contribution in [1.82, 2.24) is 10.2 Å². The molecule has 2 atom stereocenters. The minimum atomic E-state index is -3.15. The minimum absolute atomic E-state index is 0.301. The molecule has 0 saturated heterocycles. The molecule has 0 aliphatic heterocycles. The molecule has 0 fully saturated rings. The maximum atomic E-state index is 11.7. The van der Waals surface area contributed by atoms with E-state index in [9.17, 15) is 13.2 Å². The van der Waals surface area contributed by atoms with E-state index < -0.39 is 15.1 Å². The summed E-state index contributed by atoms with van der Waals surface area (Å²) in [7, 11) is -0.0284. The average molecular weight is 266 g/mol. The summed E-state index contributed by atoms with van der Waals surface area (Å²) in [4.78, 5) is 13.0. The molecule has 0 aromatic carbocycles. The number of amides is 2. The van der Waals surface area contributed by atoms with Crippen LogP contribution in [0.2, 0.25) is 0 Å². The average Bonchev–Trinajstić information content (AvgIpc) is 2.25. The van der Waals surface area contributed by atoms with Gasteiger partial charge in [0.25, 0.3) is 0 Å². The molecule has 0 aliphatic carbocycles. The van der Waals surface area contributed by atoms with Gasteiger partial charge in [0.2, 0.25) is 0 Å². The molecular weight excluding hydrogens is 244 g/mol. The van der Waals surface area contributed by atoms with Crippen molar-refractivity contribution in [3.8, 4) is 0 Å². The quantitative estimate of drug-likeness (QED) is 0.692. The number of hydrogen-bond acceptors (Lipinski definition) is 4. The Morgan fingerprint density at radius 2 is 1.94 bits per heavy atom. The molecule has 7 heteroatoms. The molecule has 6 nitrogen and oxygen atoms in total. The first-order valence-corrected chi connectivity index (χ1v) is 7.35. The normalized spacial score (nSPS) is 15.1. The van der Waals surface area contributed by atoms with Gasteiger partial charge < -0.3 is 15.0 Å². The van der Waals surface area contributed by atoms with Gasteiger partial charge in [-0.3, -0.25) is 0 Å². The first-order valence-electron chi connectivity index (χ1n) is 5.40. The van der Waals surface area contributed by atoms with Crippen molar-refractivity contribution in [3.05, 3.63) is 0 Å². The fourth-order valence-corrected chi connectivity index (χ4v) is 2.14. The number of rotatable bonds is 6. The highest BCUT2D eigenvalue weighted by Gasteiger charge is 2.27. The minimum Gasteiger partial charge on any atom is -0.383 e. The smallest absolute Gasteiger partial charge is 0.317 e. The number of methoxy groups -OCH3 is 1. The van der Waals surface area contributed by atoms with E-state index in [-0.39, 0.29) is 12.1 Å². The largest absolute Gasteiger partial charge is 0.383 e. The van der Waals surface area contributed by atoms with Crippen LogP contribution in [0.15, 0.2) is 0 Å². The summed E-state index contributed by atoms with van der Waals surface area (Å²) in [5.74, 6) is 0. The number of nitrogens with zero attached hydrogens (tertiary/aromatic N) is 1. The maximum Gasteiger partial charge on any atom is 0.317 e. The zero-order valence-electron chi connectivity index (χ0n) is 11.1. The number of urea groups is 1. The molecule has 1 N–H and O–H groups in total. The number of nitrogens with one attached hydrogen (secondary N) is 1. The summed E-state index contributed by atoms with van der Waals surface area (Å²) in [6, 6.07) is -0.683. The van der Waals surface area contributed by atoms with E-state index >= 15 is 0 Å². The first kappa shape index (κ1) is 16.2. The Morgan fingerprint density at radius 3 is 2.35 bits per heavy atom. The second-order valence-corrected chi connectivity index (χ2v) is 6.51. The molecule has 0 rings (SSSR count). The molecule has 17 heavy (non-hydrogen) atoms. The molecule has 102 valence electrons. The Kier molecular flexibility index (Phi) is 6.48. The lowest BCUT2D eigenvalue weighted by Crippen LogP contribution is -2.49. The van der Waals surface area contributed by atoms with Crippen molar-refractivity contribution >= 4 is 15.9 Å². The van der Waals surface area contributed by atoms with Gasteiger partial charge in [-0.15, -0.1) is 0 Å². The molecule has 0 bridgehead atoms.